The van der Waals surface area contributed by atoms with E-state index in [0.29, 0.717) is 27.6 Å². The third-order valence-corrected chi connectivity index (χ3v) is 3.81. The van der Waals surface area contributed by atoms with Crippen LogP contribution in [0.3, 0.4) is 0 Å². The lowest BCUT2D eigenvalue weighted by Crippen LogP contribution is -2.04. The van der Waals surface area contributed by atoms with Crippen LogP contribution in [-0.4, -0.2) is 19.7 Å². The zero-order chi connectivity index (χ0) is 14.3. The van der Waals surface area contributed by atoms with Crippen molar-refractivity contribution in [2.75, 3.05) is 5.73 Å². The number of nitrogens with two attached hydrogens (primary N) is 1. The Morgan fingerprint density at radius 1 is 1.10 bits per heavy atom. The zero-order valence-corrected chi connectivity index (χ0v) is 12.3. The van der Waals surface area contributed by atoms with Crippen LogP contribution in [0.1, 0.15) is 5.56 Å². The highest BCUT2D eigenvalue weighted by Gasteiger charge is 2.11. The van der Waals surface area contributed by atoms with E-state index in [-0.39, 0.29) is 11.1 Å². The van der Waals surface area contributed by atoms with Crippen LogP contribution in [0.15, 0.2) is 24.4 Å². The molecule has 5 nitrogen and oxygen atoms in total. The number of anilines is 1. The van der Waals surface area contributed by atoms with Crippen LogP contribution in [0, 0.1) is 0 Å². The first-order chi connectivity index (χ1) is 9.54. The Balaban J connectivity index is 2.04. The van der Waals surface area contributed by atoms with E-state index in [4.69, 9.17) is 40.5 Å². The van der Waals surface area contributed by atoms with Crippen molar-refractivity contribution in [3.05, 3.63) is 45.2 Å². The van der Waals surface area contributed by atoms with Gasteiger partial charge >= 0.3 is 0 Å². The van der Waals surface area contributed by atoms with Crippen LogP contribution in [0.5, 0.6) is 0 Å². The molecule has 102 valence electrons. The summed E-state index contributed by atoms with van der Waals surface area (Å²) in [4.78, 5) is 8.04. The Morgan fingerprint density at radius 3 is 2.65 bits per heavy atom. The number of hydrogen-bond donors (Lipinski definition) is 1. The summed E-state index contributed by atoms with van der Waals surface area (Å²) in [6.45, 7) is 0.479. The average Bonchev–Trinajstić information content (AvgIpc) is 2.77. The van der Waals surface area contributed by atoms with Crippen LogP contribution in [0.4, 0.5) is 5.95 Å². The normalized spacial score (nSPS) is 11.2. The topological polar surface area (TPSA) is 69.6 Å². The molecular formula is C12H8Cl3N5. The van der Waals surface area contributed by atoms with Crippen molar-refractivity contribution in [2.24, 2.45) is 0 Å². The maximum absolute atomic E-state index is 6.00. The molecule has 2 heterocycles. The lowest BCUT2D eigenvalue weighted by Gasteiger charge is -2.05. The van der Waals surface area contributed by atoms with Crippen LogP contribution >= 0.6 is 34.8 Å². The minimum absolute atomic E-state index is 0.110. The van der Waals surface area contributed by atoms with Crippen molar-refractivity contribution in [3.8, 4) is 0 Å². The van der Waals surface area contributed by atoms with Gasteiger partial charge in [-0.1, -0.05) is 40.9 Å². The predicted octanol–water partition coefficient (Wildman–Crippen LogP) is 3.42. The molecule has 3 rings (SSSR count). The number of rotatable bonds is 2. The first kappa shape index (κ1) is 13.4. The fraction of sp³-hybridized carbons (Fsp3) is 0.0833. The highest BCUT2D eigenvalue weighted by molar-refractivity contribution is 6.42. The first-order valence-electron chi connectivity index (χ1n) is 5.63. The molecule has 0 bridgehead atoms. The minimum Gasteiger partial charge on any atom is -0.368 e. The van der Waals surface area contributed by atoms with E-state index in [1.165, 1.54) is 0 Å². The van der Waals surface area contributed by atoms with Crippen LogP contribution in [0.2, 0.25) is 15.2 Å². The van der Waals surface area contributed by atoms with Gasteiger partial charge in [0.1, 0.15) is 5.15 Å². The molecule has 0 saturated heterocycles. The molecule has 1 aromatic carbocycles. The van der Waals surface area contributed by atoms with Crippen molar-refractivity contribution in [2.45, 2.75) is 6.54 Å². The average molecular weight is 329 g/mol. The molecule has 0 fully saturated rings. The molecule has 0 unspecified atom stereocenters. The number of halogens is 3. The first-order valence-corrected chi connectivity index (χ1v) is 6.76. The van der Waals surface area contributed by atoms with E-state index in [1.54, 1.807) is 23.0 Å². The molecule has 3 aromatic rings. The smallest absolute Gasteiger partial charge is 0.223 e. The van der Waals surface area contributed by atoms with Crippen LogP contribution in [0.25, 0.3) is 11.0 Å². The molecule has 0 amide bonds. The van der Waals surface area contributed by atoms with E-state index in [9.17, 15) is 0 Å². The van der Waals surface area contributed by atoms with Gasteiger partial charge in [0.2, 0.25) is 5.95 Å². The van der Waals surface area contributed by atoms with Gasteiger partial charge in [0.25, 0.3) is 0 Å². The van der Waals surface area contributed by atoms with Crippen molar-refractivity contribution >= 4 is 51.8 Å². The maximum Gasteiger partial charge on any atom is 0.223 e. The summed E-state index contributed by atoms with van der Waals surface area (Å²) < 4.78 is 1.68. The third kappa shape index (κ3) is 2.40. The lowest BCUT2D eigenvalue weighted by molar-refractivity contribution is 0.704. The van der Waals surface area contributed by atoms with Gasteiger partial charge in [0.05, 0.1) is 28.2 Å². The van der Waals surface area contributed by atoms with Gasteiger partial charge in [-0.2, -0.15) is 10.1 Å². The van der Waals surface area contributed by atoms with Gasteiger partial charge in [-0.25, -0.2) is 9.67 Å². The van der Waals surface area contributed by atoms with Gasteiger partial charge in [-0.3, -0.25) is 0 Å². The summed E-state index contributed by atoms with van der Waals surface area (Å²) >= 11 is 17.9. The van der Waals surface area contributed by atoms with Gasteiger partial charge < -0.3 is 5.73 Å². The highest BCUT2D eigenvalue weighted by atomic mass is 35.5. The molecule has 0 atom stereocenters. The van der Waals surface area contributed by atoms with Gasteiger partial charge in [-0.15, -0.1) is 0 Å². The molecule has 0 aliphatic rings. The SMILES string of the molecule is Nc1nc(Cl)c2cnn(Cc3ccc(Cl)c(Cl)c3)c2n1. The second-order valence-electron chi connectivity index (χ2n) is 4.16. The molecule has 0 aliphatic carbocycles. The maximum atomic E-state index is 6.00. The fourth-order valence-corrected chi connectivity index (χ4v) is 2.40. The van der Waals surface area contributed by atoms with E-state index in [0.717, 1.165) is 5.56 Å². The zero-order valence-electron chi connectivity index (χ0n) is 10.0. The Hall–Kier alpha value is -1.56. The monoisotopic (exact) mass is 327 g/mol. The quantitative estimate of drug-likeness (QED) is 0.732. The van der Waals surface area contributed by atoms with E-state index in [1.807, 2.05) is 6.07 Å². The van der Waals surface area contributed by atoms with Gasteiger partial charge in [0.15, 0.2) is 5.65 Å². The summed E-state index contributed by atoms with van der Waals surface area (Å²) in [6.07, 6.45) is 1.61. The lowest BCUT2D eigenvalue weighted by atomic mass is 10.2. The van der Waals surface area contributed by atoms with Crippen molar-refractivity contribution in [1.29, 1.82) is 0 Å². The number of benzene rings is 1. The summed E-state index contributed by atoms with van der Waals surface area (Å²) in [5.41, 5.74) is 7.12. The standard InChI is InChI=1S/C12H8Cl3N5/c13-8-2-1-6(3-9(8)14)5-20-11-7(4-17-20)10(15)18-12(16)19-11/h1-4H,5H2,(H2,16,18,19). The Labute approximate surface area is 129 Å². The van der Waals surface area contributed by atoms with Crippen molar-refractivity contribution in [3.63, 3.8) is 0 Å². The summed E-state index contributed by atoms with van der Waals surface area (Å²) in [5, 5.41) is 6.18. The number of hydrogen-bond acceptors (Lipinski definition) is 4. The number of fused-ring (bicyclic) bond motifs is 1. The molecule has 2 aromatic heterocycles. The van der Waals surface area contributed by atoms with Crippen LogP contribution < -0.4 is 5.73 Å². The fourth-order valence-electron chi connectivity index (χ4n) is 1.86. The van der Waals surface area contributed by atoms with Crippen molar-refractivity contribution < 1.29 is 0 Å². The molecule has 2 N–H and O–H groups in total. The number of nitrogens with zero attached hydrogens (tertiary/aromatic N) is 4. The van der Waals surface area contributed by atoms with Crippen molar-refractivity contribution in [1.82, 2.24) is 19.7 Å². The second kappa shape index (κ2) is 5.09. The van der Waals surface area contributed by atoms with E-state index >= 15 is 0 Å². The Morgan fingerprint density at radius 2 is 1.90 bits per heavy atom. The predicted molar refractivity (Wildman–Crippen MR) is 80.3 cm³/mol. The Kier molecular flexibility index (Phi) is 3.41. The molecule has 0 radical (unpaired) electrons. The molecule has 0 saturated carbocycles. The third-order valence-electron chi connectivity index (χ3n) is 2.78. The number of nitrogen functional groups attached to an aromatic ring is 1. The summed E-state index contributed by atoms with van der Waals surface area (Å²) in [6, 6.07) is 5.39. The molecule has 8 heteroatoms. The minimum atomic E-state index is 0.110. The number of aromatic nitrogens is 4. The van der Waals surface area contributed by atoms with E-state index < -0.39 is 0 Å². The molecule has 20 heavy (non-hydrogen) atoms. The molecular weight excluding hydrogens is 321 g/mol. The van der Waals surface area contributed by atoms with Crippen LogP contribution in [-0.2, 0) is 6.54 Å². The van der Waals surface area contributed by atoms with Gasteiger partial charge in [0, 0.05) is 0 Å². The molecule has 0 aliphatic heterocycles. The summed E-state index contributed by atoms with van der Waals surface area (Å²) in [7, 11) is 0. The van der Waals surface area contributed by atoms with Gasteiger partial charge in [-0.05, 0) is 17.7 Å². The highest BCUT2D eigenvalue weighted by Crippen LogP contribution is 2.24. The summed E-state index contributed by atoms with van der Waals surface area (Å²) in [5.74, 6) is 0.110. The largest absolute Gasteiger partial charge is 0.368 e. The van der Waals surface area contributed by atoms with E-state index in [2.05, 4.69) is 15.1 Å². The Bertz CT molecular complexity index is 799. The molecule has 0 spiro atoms. The second-order valence-corrected chi connectivity index (χ2v) is 5.33.